The summed E-state index contributed by atoms with van der Waals surface area (Å²) in [6.45, 7) is 7.02. The lowest BCUT2D eigenvalue weighted by molar-refractivity contribution is -0.296. The zero-order valence-corrected chi connectivity index (χ0v) is 27.7. The molecule has 0 N–H and O–H groups in total. The average molecular weight is 684 g/mol. The molecule has 0 amide bonds. The summed E-state index contributed by atoms with van der Waals surface area (Å²) in [6, 6.07) is 0. The molecule has 2 aliphatic heterocycles. The van der Waals surface area contributed by atoms with E-state index in [0.717, 1.165) is 9.84 Å². The number of tetrazole rings is 2. The van der Waals surface area contributed by atoms with E-state index in [0.29, 0.717) is 12.2 Å². The molecule has 0 aliphatic carbocycles. The second-order valence-corrected chi connectivity index (χ2v) is 14.0. The van der Waals surface area contributed by atoms with Gasteiger partial charge >= 0.3 is 11.9 Å². The highest BCUT2D eigenvalue weighted by Crippen LogP contribution is 2.32. The molecular weight excluding hydrogens is 636 g/mol. The maximum Gasteiger partial charge on any atom is 0.308 e. The van der Waals surface area contributed by atoms with Crippen molar-refractivity contribution >= 4 is 33.5 Å². The van der Waals surface area contributed by atoms with Gasteiger partial charge in [0.05, 0.1) is 57.2 Å². The normalized spacial score (nSPS) is 24.0. The van der Waals surface area contributed by atoms with Gasteiger partial charge in [0.2, 0.25) is 15.0 Å². The molecule has 0 spiro atoms. The number of hydrogen-bond donors (Lipinski definition) is 0. The summed E-state index contributed by atoms with van der Waals surface area (Å²) in [5, 5.41) is 22.2. The Morgan fingerprint density at radius 3 is 1.78 bits per heavy atom. The van der Waals surface area contributed by atoms with Gasteiger partial charge < -0.3 is 28.4 Å². The molecule has 45 heavy (non-hydrogen) atoms. The Morgan fingerprint density at radius 1 is 0.844 bits per heavy atom. The summed E-state index contributed by atoms with van der Waals surface area (Å²) in [7, 11) is 2.17. The monoisotopic (exact) mass is 683 g/mol. The number of sulfone groups is 1. The lowest BCUT2D eigenvalue weighted by atomic mass is 10.1. The minimum absolute atomic E-state index is 0. The van der Waals surface area contributed by atoms with E-state index < -0.39 is 39.6 Å². The molecular formula is C25H46N8O10S2. The van der Waals surface area contributed by atoms with Crippen molar-refractivity contribution in [1.29, 1.82) is 0 Å². The van der Waals surface area contributed by atoms with Gasteiger partial charge in [0, 0.05) is 34.1 Å². The van der Waals surface area contributed by atoms with Gasteiger partial charge in [-0.2, -0.15) is 0 Å². The maximum absolute atomic E-state index is 12.4. The van der Waals surface area contributed by atoms with Crippen molar-refractivity contribution in [3.05, 3.63) is 0 Å². The molecule has 2 aromatic rings. The van der Waals surface area contributed by atoms with E-state index in [1.807, 2.05) is 13.8 Å². The lowest BCUT2D eigenvalue weighted by Gasteiger charge is -2.40. The summed E-state index contributed by atoms with van der Waals surface area (Å²) in [5.41, 5.74) is 0. The van der Waals surface area contributed by atoms with Crippen LogP contribution in [0.25, 0.3) is 0 Å². The van der Waals surface area contributed by atoms with Gasteiger partial charge in [-0.05, 0) is 48.5 Å². The highest BCUT2D eigenvalue weighted by molar-refractivity contribution is 7.99. The fourth-order valence-electron chi connectivity index (χ4n) is 4.75. The number of aromatic nitrogens is 8. The number of aryl methyl sites for hydroxylation is 2. The molecule has 2 saturated heterocycles. The van der Waals surface area contributed by atoms with Crippen LogP contribution in [0.3, 0.4) is 0 Å². The first-order chi connectivity index (χ1) is 20.5. The first-order valence-corrected chi connectivity index (χ1v) is 16.3. The zero-order valence-electron chi connectivity index (χ0n) is 26.0. The molecule has 0 bridgehead atoms. The topological polar surface area (TPSA) is 211 Å². The highest BCUT2D eigenvalue weighted by Gasteiger charge is 2.40. The molecule has 4 rings (SSSR count). The summed E-state index contributed by atoms with van der Waals surface area (Å²) >= 11 is 1.52. The zero-order chi connectivity index (χ0) is 32.7. The van der Waals surface area contributed by atoms with Gasteiger partial charge in [-0.3, -0.25) is 9.59 Å². The molecule has 2 aromatic heterocycles. The van der Waals surface area contributed by atoms with Crippen LogP contribution in [-0.2, 0) is 61.9 Å². The van der Waals surface area contributed by atoms with Crippen LogP contribution in [0.15, 0.2) is 10.3 Å². The number of nitrogens with zero attached hydrogens (tertiary/aromatic N) is 8. The third-order valence-corrected chi connectivity index (χ3v) is 9.20. The summed E-state index contributed by atoms with van der Waals surface area (Å²) < 4.78 is 59.8. The van der Waals surface area contributed by atoms with Crippen molar-refractivity contribution in [2.24, 2.45) is 14.1 Å². The molecule has 0 saturated carbocycles. The molecule has 18 nitrogen and oxygen atoms in total. The fraction of sp³-hybridized carbons (Fsp3) is 0.840. The number of hydrogen-bond acceptors (Lipinski definition) is 17. The van der Waals surface area contributed by atoms with Gasteiger partial charge in [-0.1, -0.05) is 24.3 Å². The van der Waals surface area contributed by atoms with E-state index in [1.54, 1.807) is 25.6 Å². The Kier molecular flexibility index (Phi) is 13.8. The van der Waals surface area contributed by atoms with Crippen molar-refractivity contribution in [3.63, 3.8) is 0 Å². The molecule has 4 atom stereocenters. The van der Waals surface area contributed by atoms with E-state index in [2.05, 4.69) is 35.8 Å². The number of esters is 2. The van der Waals surface area contributed by atoms with Crippen LogP contribution in [0.1, 0.15) is 62.2 Å². The largest absolute Gasteiger partial charge is 0.469 e. The fourth-order valence-corrected chi connectivity index (χ4v) is 7.05. The third-order valence-electron chi connectivity index (χ3n) is 6.34. The van der Waals surface area contributed by atoms with Crippen LogP contribution in [0.5, 0.6) is 0 Å². The molecule has 258 valence electrons. The van der Waals surface area contributed by atoms with Gasteiger partial charge in [0.25, 0.3) is 5.16 Å². The van der Waals surface area contributed by atoms with Crippen LogP contribution in [0.4, 0.5) is 0 Å². The van der Waals surface area contributed by atoms with Crippen molar-refractivity contribution in [1.82, 2.24) is 40.4 Å². The van der Waals surface area contributed by atoms with E-state index in [9.17, 15) is 18.0 Å². The van der Waals surface area contributed by atoms with Crippen LogP contribution in [0, 0.1) is 0 Å². The summed E-state index contributed by atoms with van der Waals surface area (Å²) in [6.07, 6.45) is -0.213. The van der Waals surface area contributed by atoms with E-state index in [4.69, 9.17) is 23.7 Å². The number of thioether (sulfide) groups is 1. The smallest absolute Gasteiger partial charge is 0.308 e. The van der Waals surface area contributed by atoms with Gasteiger partial charge in [0.15, 0.2) is 11.6 Å². The molecule has 2 fully saturated rings. The number of methoxy groups -OCH3 is 2. The van der Waals surface area contributed by atoms with Crippen LogP contribution in [-0.4, -0.2) is 122 Å². The predicted octanol–water partition coefficient (Wildman–Crippen LogP) is 1.11. The maximum atomic E-state index is 12.4. The van der Waals surface area contributed by atoms with Crippen molar-refractivity contribution < 1.29 is 47.9 Å². The minimum Gasteiger partial charge on any atom is -0.469 e. The quantitative estimate of drug-likeness (QED) is 0.253. The van der Waals surface area contributed by atoms with Crippen molar-refractivity contribution in [2.45, 2.75) is 107 Å². The summed E-state index contributed by atoms with van der Waals surface area (Å²) in [4.78, 5) is 22.8. The highest BCUT2D eigenvalue weighted by atomic mass is 32.2. The Bertz CT molecular complexity index is 1370. The van der Waals surface area contributed by atoms with E-state index in [1.165, 1.54) is 33.0 Å². The van der Waals surface area contributed by atoms with Crippen molar-refractivity contribution in [3.8, 4) is 0 Å². The number of carbonyl (C=O) groups excluding carboxylic acids is 2. The predicted molar refractivity (Wildman–Crippen MR) is 159 cm³/mol. The van der Waals surface area contributed by atoms with Gasteiger partial charge in [-0.25, -0.2) is 17.8 Å². The minimum atomic E-state index is -3.72. The first kappa shape index (κ1) is 38.4. The van der Waals surface area contributed by atoms with Gasteiger partial charge in [0.1, 0.15) is 0 Å². The first-order valence-electron chi connectivity index (χ1n) is 13.7. The number of carbonyl (C=O) groups is 2. The molecule has 4 heterocycles. The Balaban J connectivity index is 0.000000442. The Labute approximate surface area is 268 Å². The van der Waals surface area contributed by atoms with Crippen LogP contribution >= 0.6 is 11.8 Å². The Morgan fingerprint density at radius 2 is 1.31 bits per heavy atom. The molecule has 0 unspecified atom stereocenters. The summed E-state index contributed by atoms with van der Waals surface area (Å²) in [5.74, 6) is -2.03. The number of ether oxygens (including phenoxy) is 6. The SMILES string of the molecule is C.COC(=O)C[C@H]1C[C@@H](CS(=O)(=O)c2nnnn2C)OC(C)(C)O1.COC(=O)C[C@H]1C[C@@H](CSc2nnnn2C)OC(C)(C)O1.[2HH]. The lowest BCUT2D eigenvalue weighted by Crippen LogP contribution is -2.47. The second-order valence-electron chi connectivity index (χ2n) is 11.1. The molecule has 2 aliphatic rings. The van der Waals surface area contributed by atoms with Gasteiger partial charge in [-0.15, -0.1) is 5.10 Å². The van der Waals surface area contributed by atoms with E-state index in [-0.39, 0.29) is 57.2 Å². The van der Waals surface area contributed by atoms with Crippen LogP contribution < -0.4 is 0 Å². The molecule has 0 aromatic carbocycles. The second kappa shape index (κ2) is 16.2. The van der Waals surface area contributed by atoms with E-state index >= 15 is 0 Å². The third kappa shape index (κ3) is 11.8. The molecule has 0 radical (unpaired) electrons. The van der Waals surface area contributed by atoms with Crippen LogP contribution in [0.2, 0.25) is 0 Å². The number of rotatable bonds is 10. The van der Waals surface area contributed by atoms with Crippen molar-refractivity contribution in [2.75, 3.05) is 25.7 Å². The average Bonchev–Trinajstić information content (AvgIpc) is 3.53. The molecule has 20 heteroatoms. The Hall–Kier alpha value is -2.78. The standard InChI is InChI=1S/C12H20N4O6S.C12H20N4O4S.CH4.H2/c1-12(2)21-8(6-10(17)20-4)5-9(22-12)7-23(18,19)11-13-14-15-16(11)3;1-12(2)19-8(6-10(17)18-4)5-9(20-12)7-21-11-13-14-15-16(11)3;;/h8-9H,5-7H2,1-4H3;8-9H,5-7H2,1-4H3;1H4;1H/t2*8-,9+;;/m11../s1/i;;;1+1.